The molecule has 0 aliphatic heterocycles. The van der Waals surface area contributed by atoms with Gasteiger partial charge in [0.25, 0.3) is 10.0 Å². The molecule has 0 radical (unpaired) electrons. The maximum atomic E-state index is 12.2. The lowest BCUT2D eigenvalue weighted by Crippen LogP contribution is -2.36. The van der Waals surface area contributed by atoms with Gasteiger partial charge >= 0.3 is 5.97 Å². The van der Waals surface area contributed by atoms with Crippen molar-refractivity contribution in [3.63, 3.8) is 0 Å². The number of carbonyl (C=O) groups is 1. The van der Waals surface area contributed by atoms with Crippen LogP contribution in [-0.4, -0.2) is 36.2 Å². The molecule has 1 aliphatic carbocycles. The maximum Gasteiger partial charge on any atom is 0.340 e. The number of H-pyrrole nitrogens is 1. The van der Waals surface area contributed by atoms with Crippen LogP contribution in [0.25, 0.3) is 0 Å². The van der Waals surface area contributed by atoms with Crippen molar-refractivity contribution >= 4 is 16.0 Å². The first-order valence-electron chi connectivity index (χ1n) is 6.66. The van der Waals surface area contributed by atoms with Gasteiger partial charge in [-0.15, -0.1) is 0 Å². The third-order valence-corrected chi connectivity index (χ3v) is 5.53. The normalized spacial score (nSPS) is 18.2. The van der Waals surface area contributed by atoms with Crippen molar-refractivity contribution < 1.29 is 18.3 Å². The van der Waals surface area contributed by atoms with Crippen molar-refractivity contribution in [1.82, 2.24) is 14.9 Å². The first-order valence-corrected chi connectivity index (χ1v) is 8.15. The van der Waals surface area contributed by atoms with E-state index in [-0.39, 0.29) is 16.0 Å². The zero-order valence-corrected chi connectivity index (χ0v) is 12.2. The van der Waals surface area contributed by atoms with Crippen molar-refractivity contribution in [3.8, 4) is 0 Å². The van der Waals surface area contributed by atoms with Crippen LogP contribution >= 0.6 is 0 Å². The topological polar surface area (TPSA) is 112 Å². The lowest BCUT2D eigenvalue weighted by molar-refractivity contribution is 0.0692. The minimum atomic E-state index is -3.88. The highest BCUT2D eigenvalue weighted by molar-refractivity contribution is 7.89. The van der Waals surface area contributed by atoms with E-state index < -0.39 is 16.0 Å². The van der Waals surface area contributed by atoms with E-state index in [1.165, 1.54) is 0 Å². The van der Waals surface area contributed by atoms with E-state index in [9.17, 15) is 13.2 Å². The van der Waals surface area contributed by atoms with Gasteiger partial charge in [0.2, 0.25) is 0 Å². The predicted molar refractivity (Wildman–Crippen MR) is 71.9 cm³/mol. The maximum absolute atomic E-state index is 12.2. The van der Waals surface area contributed by atoms with Crippen LogP contribution in [0.2, 0.25) is 0 Å². The third kappa shape index (κ3) is 2.85. The van der Waals surface area contributed by atoms with Gasteiger partial charge in [-0.3, -0.25) is 5.10 Å². The van der Waals surface area contributed by atoms with Crippen molar-refractivity contribution in [2.75, 3.05) is 6.54 Å². The second kappa shape index (κ2) is 5.53. The summed E-state index contributed by atoms with van der Waals surface area (Å²) in [6.45, 7) is 2.39. The minimum Gasteiger partial charge on any atom is -0.478 e. The van der Waals surface area contributed by atoms with Crippen LogP contribution in [0.5, 0.6) is 0 Å². The van der Waals surface area contributed by atoms with Crippen LogP contribution in [0, 0.1) is 5.41 Å². The van der Waals surface area contributed by atoms with Crippen molar-refractivity contribution in [2.24, 2.45) is 5.41 Å². The van der Waals surface area contributed by atoms with Crippen LogP contribution < -0.4 is 4.72 Å². The molecule has 0 atom stereocenters. The second-order valence-corrected chi connectivity index (χ2v) is 7.01. The minimum absolute atomic E-state index is 0.00349. The highest BCUT2D eigenvalue weighted by Gasteiger charge is 2.34. The van der Waals surface area contributed by atoms with Gasteiger partial charge in [0.05, 0.1) is 6.20 Å². The summed E-state index contributed by atoms with van der Waals surface area (Å²) in [7, 11) is -3.88. The number of hydrogen-bond donors (Lipinski definition) is 3. The van der Waals surface area contributed by atoms with Crippen molar-refractivity contribution in [2.45, 2.75) is 44.1 Å². The molecule has 112 valence electrons. The summed E-state index contributed by atoms with van der Waals surface area (Å²) in [5.41, 5.74) is -0.342. The zero-order valence-electron chi connectivity index (χ0n) is 11.3. The van der Waals surface area contributed by atoms with Gasteiger partial charge in [-0.2, -0.15) is 5.10 Å². The number of rotatable bonds is 6. The fourth-order valence-corrected chi connectivity index (χ4v) is 3.98. The summed E-state index contributed by atoms with van der Waals surface area (Å²) in [4.78, 5) is 11.0. The van der Waals surface area contributed by atoms with Gasteiger partial charge in [-0.25, -0.2) is 17.9 Å². The van der Waals surface area contributed by atoms with E-state index in [2.05, 4.69) is 21.8 Å². The van der Waals surface area contributed by atoms with Crippen LogP contribution in [0.15, 0.2) is 11.2 Å². The molecule has 7 nitrogen and oxygen atoms in total. The summed E-state index contributed by atoms with van der Waals surface area (Å²) in [5, 5.41) is 14.3. The van der Waals surface area contributed by atoms with E-state index in [1.807, 2.05) is 0 Å². The molecule has 1 aliphatic rings. The molecule has 0 aromatic carbocycles. The molecule has 3 N–H and O–H groups in total. The van der Waals surface area contributed by atoms with Gasteiger partial charge in [0.1, 0.15) is 5.56 Å². The Balaban J connectivity index is 2.15. The van der Waals surface area contributed by atoms with Gasteiger partial charge in [0.15, 0.2) is 5.03 Å². The monoisotopic (exact) mass is 301 g/mol. The standard InChI is InChI=1S/C12H19N3O4S/c1-2-12(5-3-4-6-12)8-14-20(18,19)10-9(11(16)17)7-13-15-10/h7,14H,2-6,8H2,1H3,(H,13,15)(H,16,17). The summed E-state index contributed by atoms with van der Waals surface area (Å²) < 4.78 is 26.9. The largest absolute Gasteiger partial charge is 0.478 e. The van der Waals surface area contributed by atoms with E-state index in [0.717, 1.165) is 38.3 Å². The highest BCUT2D eigenvalue weighted by Crippen LogP contribution is 2.40. The Bertz CT molecular complexity index is 588. The number of nitrogens with one attached hydrogen (secondary N) is 2. The molecule has 8 heteroatoms. The number of hydrogen-bond acceptors (Lipinski definition) is 4. The molecule has 2 rings (SSSR count). The average molecular weight is 301 g/mol. The third-order valence-electron chi connectivity index (χ3n) is 4.15. The first-order chi connectivity index (χ1) is 9.40. The fraction of sp³-hybridized carbons (Fsp3) is 0.667. The lowest BCUT2D eigenvalue weighted by atomic mass is 9.84. The zero-order chi connectivity index (χ0) is 14.8. The molecule has 0 amide bonds. The molecular weight excluding hydrogens is 282 g/mol. The number of aromatic amines is 1. The summed E-state index contributed by atoms with van der Waals surface area (Å²) in [5.74, 6) is -1.31. The Morgan fingerprint density at radius 2 is 2.15 bits per heavy atom. The smallest absolute Gasteiger partial charge is 0.340 e. The molecule has 0 saturated heterocycles. The van der Waals surface area contributed by atoms with Gasteiger partial charge in [-0.05, 0) is 24.7 Å². The number of aromatic carboxylic acids is 1. The predicted octanol–water partition coefficient (Wildman–Crippen LogP) is 1.36. The quantitative estimate of drug-likeness (QED) is 0.734. The number of carboxylic acid groups (broad SMARTS) is 1. The Hall–Kier alpha value is -1.41. The number of carboxylic acids is 1. The molecule has 1 fully saturated rings. The van der Waals surface area contributed by atoms with Crippen molar-refractivity contribution in [3.05, 3.63) is 11.8 Å². The van der Waals surface area contributed by atoms with E-state index in [4.69, 9.17) is 5.11 Å². The van der Waals surface area contributed by atoms with Crippen LogP contribution in [0.4, 0.5) is 0 Å². The summed E-state index contributed by atoms with van der Waals surface area (Å²) >= 11 is 0. The van der Waals surface area contributed by atoms with E-state index in [1.54, 1.807) is 0 Å². The molecular formula is C12H19N3O4S. The Kier molecular flexibility index (Phi) is 4.14. The summed E-state index contributed by atoms with van der Waals surface area (Å²) in [6, 6.07) is 0. The molecule has 20 heavy (non-hydrogen) atoms. The Morgan fingerprint density at radius 1 is 1.50 bits per heavy atom. The van der Waals surface area contributed by atoms with E-state index in [0.29, 0.717) is 6.54 Å². The Labute approximate surface area is 117 Å². The number of aromatic nitrogens is 2. The fourth-order valence-electron chi connectivity index (χ4n) is 2.73. The van der Waals surface area contributed by atoms with Gasteiger partial charge < -0.3 is 5.11 Å². The molecule has 0 spiro atoms. The summed E-state index contributed by atoms with van der Waals surface area (Å²) in [6.07, 6.45) is 6.13. The first kappa shape index (κ1) is 15.0. The molecule has 0 bridgehead atoms. The van der Waals surface area contributed by atoms with Gasteiger partial charge in [-0.1, -0.05) is 19.8 Å². The van der Waals surface area contributed by atoms with Crippen LogP contribution in [0.3, 0.4) is 0 Å². The van der Waals surface area contributed by atoms with Crippen LogP contribution in [0.1, 0.15) is 49.4 Å². The molecule has 1 aromatic rings. The molecule has 1 aromatic heterocycles. The SMILES string of the molecule is CCC1(CNS(=O)(=O)c2[nH]ncc2C(=O)O)CCCC1. The van der Waals surface area contributed by atoms with Crippen molar-refractivity contribution in [1.29, 1.82) is 0 Å². The average Bonchev–Trinajstić information content (AvgIpc) is 3.06. The lowest BCUT2D eigenvalue weighted by Gasteiger charge is -2.27. The number of nitrogens with zero attached hydrogens (tertiary/aromatic N) is 1. The second-order valence-electron chi connectivity index (χ2n) is 5.30. The molecule has 0 unspecified atom stereocenters. The van der Waals surface area contributed by atoms with Crippen LogP contribution in [-0.2, 0) is 10.0 Å². The van der Waals surface area contributed by atoms with Gasteiger partial charge in [0, 0.05) is 6.54 Å². The number of sulfonamides is 1. The highest BCUT2D eigenvalue weighted by atomic mass is 32.2. The molecule has 1 heterocycles. The Morgan fingerprint density at radius 3 is 2.70 bits per heavy atom. The molecule has 1 saturated carbocycles. The van der Waals surface area contributed by atoms with E-state index >= 15 is 0 Å².